The fourth-order valence-corrected chi connectivity index (χ4v) is 2.79. The Labute approximate surface area is 127 Å². The minimum atomic E-state index is -4.03. The van der Waals surface area contributed by atoms with E-state index in [1.54, 1.807) is 0 Å². The molecule has 0 aliphatic heterocycles. The summed E-state index contributed by atoms with van der Waals surface area (Å²) in [5.74, 6) is -1.20. The van der Waals surface area contributed by atoms with Crippen LogP contribution in [0.5, 0.6) is 0 Å². The van der Waals surface area contributed by atoms with Crippen LogP contribution in [-0.2, 0) is 16.6 Å². The van der Waals surface area contributed by atoms with Crippen LogP contribution < -0.4 is 10.5 Å². The van der Waals surface area contributed by atoms with Crippen molar-refractivity contribution >= 4 is 21.7 Å². The molecule has 0 saturated heterocycles. The lowest BCUT2D eigenvalue weighted by molar-refractivity contribution is 0.0697. The quantitative estimate of drug-likeness (QED) is 0.764. The number of rotatable bonds is 5. The molecule has 0 aliphatic rings. The number of aromatic carboxylic acids is 1. The molecular formula is C14H15N3O4S. The van der Waals surface area contributed by atoms with Gasteiger partial charge in [-0.2, -0.15) is 0 Å². The van der Waals surface area contributed by atoms with Gasteiger partial charge in [0.15, 0.2) is 5.03 Å². The third-order valence-electron chi connectivity index (χ3n) is 3.09. The van der Waals surface area contributed by atoms with Crippen LogP contribution in [-0.4, -0.2) is 24.5 Å². The van der Waals surface area contributed by atoms with Crippen LogP contribution in [0.25, 0.3) is 0 Å². The van der Waals surface area contributed by atoms with Gasteiger partial charge in [0.25, 0.3) is 10.0 Å². The summed E-state index contributed by atoms with van der Waals surface area (Å²) in [6, 6.07) is 9.30. The van der Waals surface area contributed by atoms with Gasteiger partial charge < -0.3 is 10.4 Å². The van der Waals surface area contributed by atoms with Gasteiger partial charge in [-0.1, -0.05) is 30.3 Å². The first-order chi connectivity index (χ1) is 10.3. The number of aromatic nitrogens is 1. The van der Waals surface area contributed by atoms with Crippen molar-refractivity contribution < 1.29 is 18.3 Å². The second-order valence-electron chi connectivity index (χ2n) is 4.67. The standard InChI is InChI=1S/C14H15N3O4S/c1-9-12(16-7-10-5-3-2-4-6-10)11(14(18)19)8-17-13(9)22(15,20)21/h2-6,8H,7H2,1H3,(H,16,17)(H,18,19)(H2,15,20,21). The number of carbonyl (C=O) groups is 1. The number of carboxylic acids is 1. The molecular weight excluding hydrogens is 306 g/mol. The van der Waals surface area contributed by atoms with Gasteiger partial charge in [-0.05, 0) is 12.5 Å². The number of nitrogens with two attached hydrogens (primary N) is 1. The lowest BCUT2D eigenvalue weighted by atomic mass is 10.1. The smallest absolute Gasteiger partial charge is 0.339 e. The zero-order valence-corrected chi connectivity index (χ0v) is 12.6. The summed E-state index contributed by atoms with van der Waals surface area (Å²) in [6.07, 6.45) is 0.988. The lowest BCUT2D eigenvalue weighted by Crippen LogP contribution is -2.18. The highest BCUT2D eigenvalue weighted by Gasteiger charge is 2.21. The normalized spacial score (nSPS) is 11.2. The van der Waals surface area contributed by atoms with E-state index in [2.05, 4.69) is 10.3 Å². The van der Waals surface area contributed by atoms with Crippen molar-refractivity contribution in [2.24, 2.45) is 5.14 Å². The van der Waals surface area contributed by atoms with Crippen molar-refractivity contribution in [2.45, 2.75) is 18.5 Å². The number of pyridine rings is 1. The lowest BCUT2D eigenvalue weighted by Gasteiger charge is -2.14. The van der Waals surface area contributed by atoms with Crippen LogP contribution in [0.2, 0.25) is 0 Å². The predicted octanol–water partition coefficient (Wildman–Crippen LogP) is 1.35. The van der Waals surface area contributed by atoms with Crippen LogP contribution in [0.3, 0.4) is 0 Å². The number of benzene rings is 1. The van der Waals surface area contributed by atoms with Crippen LogP contribution in [0, 0.1) is 6.92 Å². The van der Waals surface area contributed by atoms with E-state index >= 15 is 0 Å². The highest BCUT2D eigenvalue weighted by molar-refractivity contribution is 7.89. The Hall–Kier alpha value is -2.45. The molecule has 0 radical (unpaired) electrons. The van der Waals surface area contributed by atoms with Crippen molar-refractivity contribution in [3.8, 4) is 0 Å². The summed E-state index contributed by atoms with van der Waals surface area (Å²) < 4.78 is 23.0. The molecule has 1 aromatic carbocycles. The highest BCUT2D eigenvalue weighted by Crippen LogP contribution is 2.25. The molecule has 4 N–H and O–H groups in total. The Morgan fingerprint density at radius 3 is 2.50 bits per heavy atom. The molecule has 0 bridgehead atoms. The van der Waals surface area contributed by atoms with E-state index in [-0.39, 0.29) is 21.8 Å². The summed E-state index contributed by atoms with van der Waals surface area (Å²) in [6.45, 7) is 1.81. The topological polar surface area (TPSA) is 122 Å². The maximum atomic E-state index is 11.5. The van der Waals surface area contributed by atoms with Crippen LogP contribution in [0.4, 0.5) is 5.69 Å². The maximum absolute atomic E-state index is 11.5. The van der Waals surface area contributed by atoms with Gasteiger partial charge in [0.05, 0.1) is 5.69 Å². The predicted molar refractivity (Wildman–Crippen MR) is 81.1 cm³/mol. The van der Waals surface area contributed by atoms with E-state index in [0.717, 1.165) is 11.8 Å². The van der Waals surface area contributed by atoms with E-state index in [1.165, 1.54) is 6.92 Å². The van der Waals surface area contributed by atoms with Crippen molar-refractivity contribution in [2.75, 3.05) is 5.32 Å². The van der Waals surface area contributed by atoms with Crippen LogP contribution in [0.15, 0.2) is 41.6 Å². The third-order valence-corrected chi connectivity index (χ3v) is 4.04. The Bertz CT molecular complexity index is 804. The number of nitrogens with zero attached hydrogens (tertiary/aromatic N) is 1. The number of carboxylic acid groups (broad SMARTS) is 1. The first-order valence-electron chi connectivity index (χ1n) is 6.34. The molecule has 7 nitrogen and oxygen atoms in total. The Morgan fingerprint density at radius 2 is 1.95 bits per heavy atom. The molecule has 22 heavy (non-hydrogen) atoms. The zero-order valence-electron chi connectivity index (χ0n) is 11.8. The largest absolute Gasteiger partial charge is 0.478 e. The van der Waals surface area contributed by atoms with Crippen molar-refractivity contribution in [3.63, 3.8) is 0 Å². The van der Waals surface area contributed by atoms with Gasteiger partial charge >= 0.3 is 5.97 Å². The minimum Gasteiger partial charge on any atom is -0.478 e. The van der Waals surface area contributed by atoms with E-state index in [4.69, 9.17) is 5.14 Å². The summed E-state index contributed by atoms with van der Waals surface area (Å²) in [4.78, 5) is 14.9. The maximum Gasteiger partial charge on any atom is 0.339 e. The van der Waals surface area contributed by atoms with E-state index in [9.17, 15) is 18.3 Å². The highest BCUT2D eigenvalue weighted by atomic mass is 32.2. The molecule has 116 valence electrons. The number of anilines is 1. The number of sulfonamides is 1. The third kappa shape index (κ3) is 3.41. The van der Waals surface area contributed by atoms with Gasteiger partial charge in [0.2, 0.25) is 0 Å². The average Bonchev–Trinajstić information content (AvgIpc) is 2.45. The number of nitrogens with one attached hydrogen (secondary N) is 1. The second-order valence-corrected chi connectivity index (χ2v) is 6.14. The molecule has 0 spiro atoms. The summed E-state index contributed by atoms with van der Waals surface area (Å²) in [5.41, 5.74) is 1.18. The van der Waals surface area contributed by atoms with Crippen molar-refractivity contribution in [1.82, 2.24) is 4.98 Å². The van der Waals surface area contributed by atoms with E-state index in [0.29, 0.717) is 6.54 Å². The van der Waals surface area contributed by atoms with Gasteiger partial charge in [-0.15, -0.1) is 0 Å². The Kier molecular flexibility index (Phi) is 4.43. The SMILES string of the molecule is Cc1c(S(N)(=O)=O)ncc(C(=O)O)c1NCc1ccccc1. The summed E-state index contributed by atoms with van der Waals surface area (Å²) >= 11 is 0. The molecule has 1 heterocycles. The first-order valence-corrected chi connectivity index (χ1v) is 7.89. The Morgan fingerprint density at radius 1 is 1.32 bits per heavy atom. The van der Waals surface area contributed by atoms with E-state index in [1.807, 2.05) is 30.3 Å². The number of primary sulfonamides is 1. The zero-order chi connectivity index (χ0) is 16.3. The number of hydrogen-bond donors (Lipinski definition) is 3. The fraction of sp³-hybridized carbons (Fsp3) is 0.143. The molecule has 0 saturated carbocycles. The molecule has 0 unspecified atom stereocenters. The fourth-order valence-electron chi connectivity index (χ4n) is 2.06. The van der Waals surface area contributed by atoms with Crippen molar-refractivity contribution in [1.29, 1.82) is 0 Å². The molecule has 0 amide bonds. The first kappa shape index (κ1) is 15.9. The van der Waals surface area contributed by atoms with Crippen LogP contribution in [0.1, 0.15) is 21.5 Å². The molecule has 2 aromatic rings. The molecule has 8 heteroatoms. The summed E-state index contributed by atoms with van der Waals surface area (Å²) in [7, 11) is -4.03. The molecule has 2 rings (SSSR count). The van der Waals surface area contributed by atoms with Crippen molar-refractivity contribution in [3.05, 3.63) is 53.2 Å². The van der Waals surface area contributed by atoms with Gasteiger partial charge in [0, 0.05) is 18.3 Å². The van der Waals surface area contributed by atoms with E-state index < -0.39 is 16.0 Å². The average molecular weight is 321 g/mol. The van der Waals surface area contributed by atoms with Crippen LogP contribution >= 0.6 is 0 Å². The minimum absolute atomic E-state index is 0.110. The molecule has 0 fully saturated rings. The molecule has 1 aromatic heterocycles. The van der Waals surface area contributed by atoms with Gasteiger partial charge in [-0.3, -0.25) is 0 Å². The van der Waals surface area contributed by atoms with Gasteiger partial charge in [0.1, 0.15) is 5.56 Å². The molecule has 0 aliphatic carbocycles. The Balaban J connectivity index is 2.45. The number of hydrogen-bond acceptors (Lipinski definition) is 5. The second kappa shape index (κ2) is 6.12. The molecule has 0 atom stereocenters. The van der Waals surface area contributed by atoms with Gasteiger partial charge in [-0.25, -0.2) is 23.3 Å². The monoisotopic (exact) mass is 321 g/mol. The summed E-state index contributed by atoms with van der Waals surface area (Å²) in [5, 5.41) is 16.9.